The molecule has 0 saturated carbocycles. The third-order valence-electron chi connectivity index (χ3n) is 3.34. The number of rotatable bonds is 4. The van der Waals surface area contributed by atoms with E-state index < -0.39 is 0 Å². The predicted octanol–water partition coefficient (Wildman–Crippen LogP) is 3.20. The first-order valence-corrected chi connectivity index (χ1v) is 6.75. The fourth-order valence-corrected chi connectivity index (χ4v) is 2.27. The molecule has 0 unspecified atom stereocenters. The molecule has 0 N–H and O–H groups in total. The monoisotopic (exact) mass is 277 g/mol. The van der Waals surface area contributed by atoms with Gasteiger partial charge in [0.25, 0.3) is 0 Å². The van der Waals surface area contributed by atoms with Crippen molar-refractivity contribution in [2.75, 3.05) is 0 Å². The van der Waals surface area contributed by atoms with E-state index in [2.05, 4.69) is 22.2 Å². The molecule has 2 aromatic carbocycles. The van der Waals surface area contributed by atoms with Gasteiger partial charge in [0.15, 0.2) is 5.78 Å². The Labute approximate surface area is 123 Å². The number of nitrogens with zero attached hydrogens (tertiary/aromatic N) is 3. The highest BCUT2D eigenvalue weighted by molar-refractivity contribution is 5.95. The maximum Gasteiger partial charge on any atom is 0.159 e. The van der Waals surface area contributed by atoms with Gasteiger partial charge in [-0.15, -0.1) is 0 Å². The van der Waals surface area contributed by atoms with Crippen molar-refractivity contribution in [2.24, 2.45) is 0 Å². The van der Waals surface area contributed by atoms with Crippen LogP contribution in [-0.2, 0) is 6.54 Å². The van der Waals surface area contributed by atoms with Crippen LogP contribution in [0.15, 0.2) is 61.2 Å². The number of benzene rings is 2. The van der Waals surface area contributed by atoms with E-state index in [-0.39, 0.29) is 5.78 Å². The van der Waals surface area contributed by atoms with E-state index >= 15 is 0 Å². The number of ketones is 1. The molecule has 0 aliphatic heterocycles. The smallest absolute Gasteiger partial charge is 0.159 e. The van der Waals surface area contributed by atoms with E-state index in [9.17, 15) is 4.79 Å². The van der Waals surface area contributed by atoms with Crippen LogP contribution in [0.25, 0.3) is 11.1 Å². The third kappa shape index (κ3) is 3.05. The van der Waals surface area contributed by atoms with Crippen molar-refractivity contribution in [3.63, 3.8) is 0 Å². The average molecular weight is 277 g/mol. The molecular weight excluding hydrogens is 262 g/mol. The molecule has 21 heavy (non-hydrogen) atoms. The second-order valence-electron chi connectivity index (χ2n) is 4.93. The van der Waals surface area contributed by atoms with Gasteiger partial charge in [0.1, 0.15) is 12.7 Å². The Morgan fingerprint density at radius 2 is 1.86 bits per heavy atom. The van der Waals surface area contributed by atoms with E-state index in [0.717, 1.165) is 22.3 Å². The molecule has 0 aliphatic rings. The second-order valence-corrected chi connectivity index (χ2v) is 4.93. The van der Waals surface area contributed by atoms with Crippen molar-refractivity contribution in [1.82, 2.24) is 14.8 Å². The lowest BCUT2D eigenvalue weighted by atomic mass is 10.00. The fourth-order valence-electron chi connectivity index (χ4n) is 2.27. The molecule has 0 aliphatic carbocycles. The summed E-state index contributed by atoms with van der Waals surface area (Å²) < 4.78 is 1.78. The lowest BCUT2D eigenvalue weighted by molar-refractivity contribution is 0.101. The van der Waals surface area contributed by atoms with Crippen LogP contribution in [0.3, 0.4) is 0 Å². The second kappa shape index (κ2) is 5.71. The Bertz CT molecular complexity index is 763. The van der Waals surface area contributed by atoms with Crippen LogP contribution in [-0.4, -0.2) is 20.5 Å². The predicted molar refractivity (Wildman–Crippen MR) is 81.0 cm³/mol. The number of hydrogen-bond donors (Lipinski definition) is 0. The van der Waals surface area contributed by atoms with Crippen LogP contribution in [0.5, 0.6) is 0 Å². The van der Waals surface area contributed by atoms with Crippen molar-refractivity contribution >= 4 is 5.78 Å². The molecule has 0 radical (unpaired) electrons. The molecule has 0 saturated heterocycles. The summed E-state index contributed by atoms with van der Waals surface area (Å²) >= 11 is 0. The lowest BCUT2D eigenvalue weighted by Gasteiger charge is -2.07. The Morgan fingerprint density at radius 1 is 1.10 bits per heavy atom. The van der Waals surface area contributed by atoms with Gasteiger partial charge in [0, 0.05) is 5.56 Å². The first-order valence-electron chi connectivity index (χ1n) is 6.75. The van der Waals surface area contributed by atoms with Crippen LogP contribution in [0.2, 0.25) is 0 Å². The molecule has 0 fully saturated rings. The summed E-state index contributed by atoms with van der Waals surface area (Å²) in [5.41, 5.74) is 4.01. The Morgan fingerprint density at radius 3 is 2.57 bits per heavy atom. The number of Topliss-reactive ketones (excluding diaryl/α,β-unsaturated/α-hetero) is 1. The third-order valence-corrected chi connectivity index (χ3v) is 3.34. The molecule has 3 aromatic rings. The Kier molecular flexibility index (Phi) is 3.60. The number of carbonyl (C=O) groups is 1. The zero-order valence-electron chi connectivity index (χ0n) is 11.7. The normalized spacial score (nSPS) is 10.5. The van der Waals surface area contributed by atoms with Gasteiger partial charge in [0.2, 0.25) is 0 Å². The molecule has 4 heteroatoms. The highest BCUT2D eigenvalue weighted by Crippen LogP contribution is 2.22. The van der Waals surface area contributed by atoms with Gasteiger partial charge in [-0.3, -0.25) is 4.79 Å². The molecule has 0 bridgehead atoms. The van der Waals surface area contributed by atoms with Gasteiger partial charge in [-0.1, -0.05) is 36.4 Å². The molecule has 104 valence electrons. The average Bonchev–Trinajstić information content (AvgIpc) is 3.00. The number of hydrogen-bond acceptors (Lipinski definition) is 3. The molecule has 1 aromatic heterocycles. The maximum absolute atomic E-state index is 11.5. The first-order chi connectivity index (χ1) is 10.2. The zero-order valence-corrected chi connectivity index (χ0v) is 11.7. The van der Waals surface area contributed by atoms with Crippen molar-refractivity contribution in [1.29, 1.82) is 0 Å². The van der Waals surface area contributed by atoms with E-state index in [0.29, 0.717) is 6.54 Å². The van der Waals surface area contributed by atoms with E-state index in [1.54, 1.807) is 17.9 Å². The first kappa shape index (κ1) is 13.2. The van der Waals surface area contributed by atoms with Crippen molar-refractivity contribution in [3.05, 3.63) is 72.3 Å². The summed E-state index contributed by atoms with van der Waals surface area (Å²) in [6.45, 7) is 2.26. The largest absolute Gasteiger partial charge is 0.295 e. The van der Waals surface area contributed by atoms with Gasteiger partial charge >= 0.3 is 0 Å². The van der Waals surface area contributed by atoms with Crippen molar-refractivity contribution < 1.29 is 4.79 Å². The molecule has 4 nitrogen and oxygen atoms in total. The Balaban J connectivity index is 1.92. The van der Waals surface area contributed by atoms with Gasteiger partial charge in [-0.2, -0.15) is 5.10 Å². The molecule has 0 spiro atoms. The van der Waals surface area contributed by atoms with Crippen LogP contribution >= 0.6 is 0 Å². The Hall–Kier alpha value is -2.75. The number of aromatic nitrogens is 3. The summed E-state index contributed by atoms with van der Waals surface area (Å²) in [5, 5.41) is 4.11. The van der Waals surface area contributed by atoms with E-state index in [4.69, 9.17) is 0 Å². The summed E-state index contributed by atoms with van der Waals surface area (Å²) in [6.07, 6.45) is 3.23. The molecule has 0 amide bonds. The highest BCUT2D eigenvalue weighted by Gasteiger charge is 2.04. The van der Waals surface area contributed by atoms with Crippen LogP contribution in [0.1, 0.15) is 22.8 Å². The minimum absolute atomic E-state index is 0.0793. The molecule has 3 rings (SSSR count). The van der Waals surface area contributed by atoms with Crippen LogP contribution in [0.4, 0.5) is 0 Å². The fraction of sp³-hybridized carbons (Fsp3) is 0.118. The highest BCUT2D eigenvalue weighted by atomic mass is 16.1. The molecular formula is C17H15N3O. The van der Waals surface area contributed by atoms with Gasteiger partial charge in [-0.25, -0.2) is 9.67 Å². The summed E-state index contributed by atoms with van der Waals surface area (Å²) in [7, 11) is 0. The van der Waals surface area contributed by atoms with Gasteiger partial charge in [-0.05, 0) is 35.7 Å². The summed E-state index contributed by atoms with van der Waals surface area (Å²) in [6, 6.07) is 15.9. The minimum Gasteiger partial charge on any atom is -0.295 e. The molecule has 0 atom stereocenters. The topological polar surface area (TPSA) is 47.8 Å². The van der Waals surface area contributed by atoms with Gasteiger partial charge in [0.05, 0.1) is 6.54 Å². The van der Waals surface area contributed by atoms with E-state index in [1.807, 2.05) is 36.4 Å². The summed E-state index contributed by atoms with van der Waals surface area (Å²) in [5.74, 6) is 0.0793. The van der Waals surface area contributed by atoms with Gasteiger partial charge < -0.3 is 0 Å². The molecule has 1 heterocycles. The number of carbonyl (C=O) groups excluding carboxylic acids is 1. The van der Waals surface area contributed by atoms with Crippen LogP contribution < -0.4 is 0 Å². The van der Waals surface area contributed by atoms with Crippen molar-refractivity contribution in [2.45, 2.75) is 13.5 Å². The lowest BCUT2D eigenvalue weighted by Crippen LogP contribution is -2.00. The maximum atomic E-state index is 11.5. The summed E-state index contributed by atoms with van der Waals surface area (Å²) in [4.78, 5) is 15.4. The quantitative estimate of drug-likeness (QED) is 0.688. The zero-order chi connectivity index (χ0) is 14.7. The standard InChI is InChI=1S/C17H15N3O/c1-13(21)15-5-3-7-17(9-15)16-6-2-4-14(8-16)10-20-12-18-11-19-20/h2-9,11-12H,10H2,1H3. The SMILES string of the molecule is CC(=O)c1cccc(-c2cccc(Cn3cncn3)c2)c1. The van der Waals surface area contributed by atoms with E-state index in [1.165, 1.54) is 6.33 Å². The van der Waals surface area contributed by atoms with Crippen LogP contribution in [0, 0.1) is 0 Å². The minimum atomic E-state index is 0.0793. The van der Waals surface area contributed by atoms with Crippen molar-refractivity contribution in [3.8, 4) is 11.1 Å².